The van der Waals surface area contributed by atoms with E-state index in [-0.39, 0.29) is 18.9 Å². The van der Waals surface area contributed by atoms with Gasteiger partial charge >= 0.3 is 0 Å². The minimum atomic E-state index is -0.617. The van der Waals surface area contributed by atoms with Crippen molar-refractivity contribution in [3.05, 3.63) is 71.8 Å². The molecule has 1 aliphatic carbocycles. The first kappa shape index (κ1) is 20.9. The number of anilines is 2. The van der Waals surface area contributed by atoms with E-state index in [1.807, 2.05) is 35.9 Å². The molecule has 5 rings (SSSR count). The van der Waals surface area contributed by atoms with Crippen LogP contribution in [0.3, 0.4) is 0 Å². The van der Waals surface area contributed by atoms with E-state index in [0.29, 0.717) is 17.4 Å². The van der Waals surface area contributed by atoms with E-state index in [2.05, 4.69) is 10.3 Å². The Labute approximate surface area is 191 Å². The van der Waals surface area contributed by atoms with Crippen molar-refractivity contribution in [2.24, 2.45) is 12.8 Å². The van der Waals surface area contributed by atoms with Gasteiger partial charge in [-0.3, -0.25) is 9.78 Å². The van der Waals surface area contributed by atoms with Crippen LogP contribution in [0, 0.1) is 5.82 Å². The second kappa shape index (κ2) is 8.54. The highest BCUT2D eigenvalue weighted by Crippen LogP contribution is 2.37. The third-order valence-corrected chi connectivity index (χ3v) is 6.12. The van der Waals surface area contributed by atoms with Crippen molar-refractivity contribution >= 4 is 28.6 Å². The summed E-state index contributed by atoms with van der Waals surface area (Å²) in [5.41, 5.74) is 8.66. The summed E-state index contributed by atoms with van der Waals surface area (Å²) in [6.45, 7) is 0. The number of rotatable bonds is 6. The summed E-state index contributed by atoms with van der Waals surface area (Å²) in [5.74, 6) is 1.20. The van der Waals surface area contributed by atoms with Gasteiger partial charge in [0, 0.05) is 32.5 Å². The predicted molar refractivity (Wildman–Crippen MR) is 127 cm³/mol. The summed E-state index contributed by atoms with van der Waals surface area (Å²) >= 11 is 0. The molecule has 8 heteroatoms. The van der Waals surface area contributed by atoms with Crippen LogP contribution in [0.25, 0.3) is 11.0 Å². The highest BCUT2D eigenvalue weighted by Gasteiger charge is 2.21. The van der Waals surface area contributed by atoms with Crippen LogP contribution in [-0.4, -0.2) is 20.4 Å². The maximum atomic E-state index is 14.4. The standard InChI is InChI=1S/C25H24FN5O2.H2/c1-31-23-9-7-17(33-18-10-11-28-22(14-18)24(27)32)13-21(23)30-25(31)29-16-6-8-20(26)19(12-16)15-4-2-3-5-15;/h6-15H,2-5H2,1H3,(H2,27,32)(H,29,30);1H. The lowest BCUT2D eigenvalue weighted by Gasteiger charge is -2.13. The van der Waals surface area contributed by atoms with Crippen molar-refractivity contribution in [3.8, 4) is 11.5 Å². The van der Waals surface area contributed by atoms with Gasteiger partial charge in [0.25, 0.3) is 5.91 Å². The summed E-state index contributed by atoms with van der Waals surface area (Å²) in [4.78, 5) is 20.0. The van der Waals surface area contributed by atoms with Gasteiger partial charge in [0.05, 0.1) is 11.0 Å². The van der Waals surface area contributed by atoms with Crippen molar-refractivity contribution < 1.29 is 15.3 Å². The molecule has 0 bridgehead atoms. The van der Waals surface area contributed by atoms with Gasteiger partial charge in [0.1, 0.15) is 23.0 Å². The number of halogens is 1. The smallest absolute Gasteiger partial charge is 0.267 e. The first-order valence-electron chi connectivity index (χ1n) is 10.9. The van der Waals surface area contributed by atoms with Gasteiger partial charge in [-0.2, -0.15) is 0 Å². The molecular formula is C25H26FN5O2. The number of carbonyl (C=O) groups excluding carboxylic acids is 1. The lowest BCUT2D eigenvalue weighted by atomic mass is 9.96. The molecule has 3 N–H and O–H groups in total. The Kier molecular flexibility index (Phi) is 5.42. The molecule has 2 aromatic carbocycles. The van der Waals surface area contributed by atoms with Crippen molar-refractivity contribution in [1.82, 2.24) is 14.5 Å². The molecular weight excluding hydrogens is 421 g/mol. The number of aryl methyl sites for hydroxylation is 1. The zero-order valence-electron chi connectivity index (χ0n) is 18.2. The highest BCUT2D eigenvalue weighted by atomic mass is 19.1. The molecule has 33 heavy (non-hydrogen) atoms. The Balaban J connectivity index is 0.00000274. The molecule has 2 aromatic heterocycles. The number of nitrogens with two attached hydrogens (primary N) is 1. The molecule has 0 atom stereocenters. The monoisotopic (exact) mass is 447 g/mol. The van der Waals surface area contributed by atoms with Gasteiger partial charge in [-0.1, -0.05) is 12.8 Å². The molecule has 4 aromatic rings. The number of hydrogen-bond acceptors (Lipinski definition) is 5. The maximum absolute atomic E-state index is 14.4. The van der Waals surface area contributed by atoms with Crippen molar-refractivity contribution in [1.29, 1.82) is 0 Å². The van der Waals surface area contributed by atoms with Gasteiger partial charge in [-0.15, -0.1) is 0 Å². The topological polar surface area (TPSA) is 95.1 Å². The molecule has 0 spiro atoms. The summed E-state index contributed by atoms with van der Waals surface area (Å²) in [7, 11) is 1.92. The minimum absolute atomic E-state index is 0. The minimum Gasteiger partial charge on any atom is -0.457 e. The Bertz CT molecular complexity index is 1350. The third-order valence-electron chi connectivity index (χ3n) is 6.12. The van der Waals surface area contributed by atoms with E-state index in [9.17, 15) is 9.18 Å². The van der Waals surface area contributed by atoms with Crippen LogP contribution in [0.5, 0.6) is 11.5 Å². The van der Waals surface area contributed by atoms with Crippen LogP contribution in [0.1, 0.15) is 49.1 Å². The average Bonchev–Trinajstić information content (AvgIpc) is 3.44. The van der Waals surface area contributed by atoms with E-state index >= 15 is 0 Å². The lowest BCUT2D eigenvalue weighted by Crippen LogP contribution is -2.12. The van der Waals surface area contributed by atoms with Crippen LogP contribution in [0.2, 0.25) is 0 Å². The lowest BCUT2D eigenvalue weighted by molar-refractivity contribution is 0.0995. The number of primary amides is 1. The number of nitrogens with zero attached hydrogens (tertiary/aromatic N) is 3. The first-order valence-corrected chi connectivity index (χ1v) is 10.9. The largest absolute Gasteiger partial charge is 0.457 e. The zero-order chi connectivity index (χ0) is 22.9. The molecule has 1 fully saturated rings. The molecule has 1 saturated carbocycles. The second-order valence-corrected chi connectivity index (χ2v) is 8.33. The van der Waals surface area contributed by atoms with E-state index in [1.165, 1.54) is 18.3 Å². The van der Waals surface area contributed by atoms with Gasteiger partial charge in [0.15, 0.2) is 0 Å². The second-order valence-electron chi connectivity index (χ2n) is 8.33. The van der Waals surface area contributed by atoms with Crippen molar-refractivity contribution in [3.63, 3.8) is 0 Å². The van der Waals surface area contributed by atoms with E-state index in [1.54, 1.807) is 12.1 Å². The fourth-order valence-corrected chi connectivity index (χ4v) is 4.40. The fraction of sp³-hybridized carbons (Fsp3) is 0.240. The first-order chi connectivity index (χ1) is 16.0. The molecule has 170 valence electrons. The molecule has 1 aliphatic rings. The quantitative estimate of drug-likeness (QED) is 0.398. The summed E-state index contributed by atoms with van der Waals surface area (Å²) in [5, 5.41) is 3.33. The van der Waals surface area contributed by atoms with Crippen LogP contribution in [0.15, 0.2) is 54.7 Å². The Morgan fingerprint density at radius 2 is 1.94 bits per heavy atom. The highest BCUT2D eigenvalue weighted by molar-refractivity contribution is 5.91. The number of amides is 1. The van der Waals surface area contributed by atoms with Gasteiger partial charge in [0.2, 0.25) is 5.95 Å². The number of fused-ring (bicyclic) bond motifs is 1. The zero-order valence-corrected chi connectivity index (χ0v) is 18.2. The van der Waals surface area contributed by atoms with Crippen LogP contribution < -0.4 is 15.8 Å². The van der Waals surface area contributed by atoms with Crippen molar-refractivity contribution in [2.45, 2.75) is 31.6 Å². The van der Waals surface area contributed by atoms with Crippen LogP contribution in [-0.2, 0) is 7.05 Å². The summed E-state index contributed by atoms with van der Waals surface area (Å²) in [6.07, 6.45) is 5.85. The Morgan fingerprint density at radius 1 is 1.15 bits per heavy atom. The summed E-state index contributed by atoms with van der Waals surface area (Å²) in [6, 6.07) is 13.9. The molecule has 0 saturated heterocycles. The number of ether oxygens (including phenoxy) is 1. The van der Waals surface area contributed by atoms with Gasteiger partial charge in [-0.25, -0.2) is 9.37 Å². The maximum Gasteiger partial charge on any atom is 0.267 e. The number of imidazole rings is 1. The van der Waals surface area contributed by atoms with Gasteiger partial charge in [-0.05, 0) is 60.7 Å². The van der Waals surface area contributed by atoms with E-state index in [4.69, 9.17) is 15.5 Å². The predicted octanol–water partition coefficient (Wildman–Crippen LogP) is 5.65. The fourth-order valence-electron chi connectivity index (χ4n) is 4.40. The number of carbonyl (C=O) groups is 1. The Hall–Kier alpha value is -3.94. The molecule has 0 radical (unpaired) electrons. The summed E-state index contributed by atoms with van der Waals surface area (Å²) < 4.78 is 22.2. The number of benzene rings is 2. The molecule has 0 unspecified atom stereocenters. The third kappa shape index (κ3) is 4.24. The van der Waals surface area contributed by atoms with Crippen LogP contribution in [0.4, 0.5) is 16.0 Å². The SMILES string of the molecule is Cn1c(Nc2ccc(F)c(C3CCCC3)c2)nc2cc(Oc3ccnc(C(N)=O)c3)ccc21.[HH]. The normalized spacial score (nSPS) is 14.0. The van der Waals surface area contributed by atoms with Crippen molar-refractivity contribution in [2.75, 3.05) is 5.32 Å². The molecule has 0 aliphatic heterocycles. The molecule has 2 heterocycles. The van der Waals surface area contributed by atoms with E-state index < -0.39 is 5.91 Å². The number of nitrogens with one attached hydrogen (secondary N) is 1. The van der Waals surface area contributed by atoms with E-state index in [0.717, 1.165) is 48.0 Å². The Morgan fingerprint density at radius 3 is 2.73 bits per heavy atom. The number of hydrogen-bond donors (Lipinski definition) is 2. The number of aromatic nitrogens is 3. The number of pyridine rings is 1. The van der Waals surface area contributed by atoms with Gasteiger partial charge < -0.3 is 20.4 Å². The molecule has 7 nitrogen and oxygen atoms in total. The van der Waals surface area contributed by atoms with Crippen LogP contribution >= 0.6 is 0 Å². The molecule has 1 amide bonds. The average molecular weight is 448 g/mol.